The van der Waals surface area contributed by atoms with Crippen LogP contribution in [-0.2, 0) is 6.42 Å². The molecule has 29 heavy (non-hydrogen) atoms. The number of nitrogens with zero attached hydrogens (tertiary/aromatic N) is 1. The number of aryl methyl sites for hydroxylation is 1. The van der Waals surface area contributed by atoms with Gasteiger partial charge in [-0.3, -0.25) is 9.59 Å². The van der Waals surface area contributed by atoms with Gasteiger partial charge in [-0.1, -0.05) is 37.3 Å². The van der Waals surface area contributed by atoms with Crippen LogP contribution >= 0.6 is 0 Å². The maximum absolute atomic E-state index is 12.9. The van der Waals surface area contributed by atoms with Crippen molar-refractivity contribution in [2.75, 3.05) is 26.2 Å². The van der Waals surface area contributed by atoms with Gasteiger partial charge in [0.25, 0.3) is 11.8 Å². The van der Waals surface area contributed by atoms with Crippen molar-refractivity contribution in [2.45, 2.75) is 33.1 Å². The molecule has 0 bridgehead atoms. The van der Waals surface area contributed by atoms with E-state index in [0.29, 0.717) is 43.5 Å². The molecule has 0 radical (unpaired) electrons. The number of likely N-dealkylation sites (tertiary alicyclic amines) is 1. The standard InChI is InChI=1S/C24H30N2O3/c1-3-19-9-5-6-10-20(19)23(27)25-17-18-13-15-26(16-14-18)24(28)21-11-7-8-12-22(21)29-4-2/h5-12,18H,3-4,13-17H2,1-2H3,(H,25,27). The Hall–Kier alpha value is -2.82. The van der Waals surface area contributed by atoms with Crippen LogP contribution in [0.15, 0.2) is 48.5 Å². The molecule has 0 aliphatic carbocycles. The highest BCUT2D eigenvalue weighted by Crippen LogP contribution is 2.23. The van der Waals surface area contributed by atoms with E-state index in [1.165, 1.54) is 0 Å². The average Bonchev–Trinajstić information content (AvgIpc) is 2.78. The van der Waals surface area contributed by atoms with Gasteiger partial charge in [0, 0.05) is 25.2 Å². The lowest BCUT2D eigenvalue weighted by molar-refractivity contribution is 0.0680. The van der Waals surface area contributed by atoms with Gasteiger partial charge in [0.15, 0.2) is 0 Å². The van der Waals surface area contributed by atoms with Crippen molar-refractivity contribution in [1.29, 1.82) is 0 Å². The number of hydrogen-bond acceptors (Lipinski definition) is 3. The SMILES string of the molecule is CCOc1ccccc1C(=O)N1CCC(CNC(=O)c2ccccc2CC)CC1. The lowest BCUT2D eigenvalue weighted by Gasteiger charge is -2.32. The van der Waals surface area contributed by atoms with Crippen molar-refractivity contribution < 1.29 is 14.3 Å². The van der Waals surface area contributed by atoms with E-state index in [1.54, 1.807) is 0 Å². The first-order chi connectivity index (χ1) is 14.1. The molecule has 0 saturated carbocycles. The number of para-hydroxylation sites is 1. The van der Waals surface area contributed by atoms with Crippen LogP contribution in [0.1, 0.15) is 53.0 Å². The Labute approximate surface area is 173 Å². The number of rotatable bonds is 7. The third-order valence-electron chi connectivity index (χ3n) is 5.51. The highest BCUT2D eigenvalue weighted by Gasteiger charge is 2.25. The summed E-state index contributed by atoms with van der Waals surface area (Å²) in [5.41, 5.74) is 2.45. The van der Waals surface area contributed by atoms with Crippen LogP contribution in [-0.4, -0.2) is 43.0 Å². The monoisotopic (exact) mass is 394 g/mol. The van der Waals surface area contributed by atoms with Crippen molar-refractivity contribution in [3.05, 3.63) is 65.2 Å². The maximum Gasteiger partial charge on any atom is 0.257 e. The first kappa shape index (κ1) is 20.9. The zero-order valence-electron chi connectivity index (χ0n) is 17.3. The van der Waals surface area contributed by atoms with Crippen molar-refractivity contribution in [3.63, 3.8) is 0 Å². The number of benzene rings is 2. The summed E-state index contributed by atoms with van der Waals surface area (Å²) in [5, 5.41) is 3.08. The number of hydrogen-bond donors (Lipinski definition) is 1. The molecule has 1 fully saturated rings. The minimum Gasteiger partial charge on any atom is -0.493 e. The Morgan fingerprint density at radius 3 is 2.34 bits per heavy atom. The number of ether oxygens (including phenoxy) is 1. The number of nitrogens with one attached hydrogen (secondary N) is 1. The van der Waals surface area contributed by atoms with Crippen molar-refractivity contribution in [3.8, 4) is 5.75 Å². The van der Waals surface area contributed by atoms with E-state index in [0.717, 1.165) is 30.4 Å². The number of carbonyl (C=O) groups excluding carboxylic acids is 2. The summed E-state index contributed by atoms with van der Waals surface area (Å²) in [4.78, 5) is 27.3. The minimum atomic E-state index is -0.00778. The smallest absolute Gasteiger partial charge is 0.257 e. The molecule has 0 spiro atoms. The topological polar surface area (TPSA) is 58.6 Å². The summed E-state index contributed by atoms with van der Waals surface area (Å²) >= 11 is 0. The maximum atomic E-state index is 12.9. The lowest BCUT2D eigenvalue weighted by atomic mass is 9.95. The zero-order chi connectivity index (χ0) is 20.6. The fraction of sp³-hybridized carbons (Fsp3) is 0.417. The molecular weight excluding hydrogens is 364 g/mol. The molecular formula is C24H30N2O3. The first-order valence-electron chi connectivity index (χ1n) is 10.5. The second-order valence-electron chi connectivity index (χ2n) is 7.39. The van der Waals surface area contributed by atoms with Crippen molar-refractivity contribution in [2.24, 2.45) is 5.92 Å². The summed E-state index contributed by atoms with van der Waals surface area (Å²) in [6.45, 7) is 6.56. The molecule has 1 saturated heterocycles. The Morgan fingerprint density at radius 1 is 1.00 bits per heavy atom. The van der Waals surface area contributed by atoms with Gasteiger partial charge in [0.1, 0.15) is 5.75 Å². The molecule has 2 amide bonds. The predicted octanol–water partition coefficient (Wildman–Crippen LogP) is 3.93. The molecule has 1 N–H and O–H groups in total. The zero-order valence-corrected chi connectivity index (χ0v) is 17.3. The molecule has 1 aliphatic heterocycles. The molecule has 2 aromatic carbocycles. The van der Waals surface area contributed by atoms with Crippen LogP contribution in [0.3, 0.4) is 0 Å². The number of piperidine rings is 1. The highest BCUT2D eigenvalue weighted by molar-refractivity contribution is 5.97. The Bertz CT molecular complexity index is 842. The second-order valence-corrected chi connectivity index (χ2v) is 7.39. The molecule has 0 unspecified atom stereocenters. The van der Waals surface area contributed by atoms with Gasteiger partial charge in [-0.15, -0.1) is 0 Å². The van der Waals surface area contributed by atoms with Crippen LogP contribution < -0.4 is 10.1 Å². The molecule has 0 aromatic heterocycles. The normalized spacial score (nSPS) is 14.5. The minimum absolute atomic E-state index is 0.00778. The van der Waals surface area contributed by atoms with Crippen LogP contribution in [0.25, 0.3) is 0 Å². The fourth-order valence-corrected chi connectivity index (χ4v) is 3.82. The van der Waals surface area contributed by atoms with Crippen LogP contribution in [0.5, 0.6) is 5.75 Å². The lowest BCUT2D eigenvalue weighted by Crippen LogP contribution is -2.41. The van der Waals surface area contributed by atoms with Crippen LogP contribution in [0.4, 0.5) is 0 Å². The van der Waals surface area contributed by atoms with Gasteiger partial charge in [0.2, 0.25) is 0 Å². The fourth-order valence-electron chi connectivity index (χ4n) is 3.82. The van der Waals surface area contributed by atoms with E-state index >= 15 is 0 Å². The molecule has 5 nitrogen and oxygen atoms in total. The average molecular weight is 395 g/mol. The Morgan fingerprint density at radius 2 is 1.66 bits per heavy atom. The molecule has 2 aromatic rings. The summed E-state index contributed by atoms with van der Waals surface area (Å²) in [6, 6.07) is 15.2. The van der Waals surface area contributed by atoms with Gasteiger partial charge in [-0.25, -0.2) is 0 Å². The Kier molecular flexibility index (Phi) is 7.28. The molecule has 3 rings (SSSR count). The summed E-state index contributed by atoms with van der Waals surface area (Å²) in [7, 11) is 0. The summed E-state index contributed by atoms with van der Waals surface area (Å²) in [5.74, 6) is 1.04. The quantitative estimate of drug-likeness (QED) is 0.774. The molecule has 1 heterocycles. The van der Waals surface area contributed by atoms with E-state index < -0.39 is 0 Å². The van der Waals surface area contributed by atoms with E-state index in [4.69, 9.17) is 4.74 Å². The second kappa shape index (κ2) is 10.1. The number of amides is 2. The van der Waals surface area contributed by atoms with E-state index in [2.05, 4.69) is 12.2 Å². The van der Waals surface area contributed by atoms with Crippen LogP contribution in [0, 0.1) is 5.92 Å². The first-order valence-corrected chi connectivity index (χ1v) is 10.5. The third-order valence-corrected chi connectivity index (χ3v) is 5.51. The predicted molar refractivity (Wildman–Crippen MR) is 114 cm³/mol. The van der Waals surface area contributed by atoms with Gasteiger partial charge < -0.3 is 15.0 Å². The summed E-state index contributed by atoms with van der Waals surface area (Å²) in [6.07, 6.45) is 2.61. The van der Waals surface area contributed by atoms with Crippen LogP contribution in [0.2, 0.25) is 0 Å². The largest absolute Gasteiger partial charge is 0.493 e. The Balaban J connectivity index is 1.52. The van der Waals surface area contributed by atoms with Gasteiger partial charge in [0.05, 0.1) is 12.2 Å². The van der Waals surface area contributed by atoms with Crippen molar-refractivity contribution >= 4 is 11.8 Å². The molecule has 154 valence electrons. The van der Waals surface area contributed by atoms with Gasteiger partial charge >= 0.3 is 0 Å². The van der Waals surface area contributed by atoms with Gasteiger partial charge in [-0.05, 0) is 55.9 Å². The molecule has 0 atom stereocenters. The number of carbonyl (C=O) groups is 2. The highest BCUT2D eigenvalue weighted by atomic mass is 16.5. The molecule has 1 aliphatic rings. The van der Waals surface area contributed by atoms with Crippen molar-refractivity contribution in [1.82, 2.24) is 10.2 Å². The van der Waals surface area contributed by atoms with Gasteiger partial charge in [-0.2, -0.15) is 0 Å². The molecule has 5 heteroatoms. The van der Waals surface area contributed by atoms with E-state index in [-0.39, 0.29) is 11.8 Å². The van der Waals surface area contributed by atoms with E-state index in [9.17, 15) is 9.59 Å². The van der Waals surface area contributed by atoms with E-state index in [1.807, 2.05) is 60.4 Å². The third kappa shape index (κ3) is 5.17. The summed E-state index contributed by atoms with van der Waals surface area (Å²) < 4.78 is 5.60.